The second-order valence-electron chi connectivity index (χ2n) is 5.61. The number of fused-ring (bicyclic) bond motifs is 1. The van der Waals surface area contributed by atoms with E-state index >= 15 is 0 Å². The fourth-order valence-corrected chi connectivity index (χ4v) is 3.52. The Kier molecular flexibility index (Phi) is 3.37. The van der Waals surface area contributed by atoms with E-state index in [9.17, 15) is 5.11 Å². The van der Waals surface area contributed by atoms with Crippen LogP contribution in [0.1, 0.15) is 31.2 Å². The van der Waals surface area contributed by atoms with Gasteiger partial charge >= 0.3 is 0 Å². The Labute approximate surface area is 109 Å². The quantitative estimate of drug-likeness (QED) is 0.831. The Hall–Kier alpha value is -0.900. The molecule has 2 aliphatic rings. The first kappa shape index (κ1) is 12.2. The number of rotatable bonds is 3. The summed E-state index contributed by atoms with van der Waals surface area (Å²) in [6.07, 6.45) is 4.84. The normalized spacial score (nSPS) is 35.4. The monoisotopic (exact) mass is 248 g/mol. The number of piperidine rings is 1. The minimum atomic E-state index is 0.0387. The largest absolute Gasteiger partial charge is 0.393 e. The molecule has 0 amide bonds. The van der Waals surface area contributed by atoms with Crippen LogP contribution in [0.3, 0.4) is 0 Å². The number of nitrogens with zero attached hydrogens (tertiary/aromatic N) is 1. The Morgan fingerprint density at radius 1 is 1.22 bits per heavy atom. The van der Waals surface area contributed by atoms with Crippen LogP contribution in [0.2, 0.25) is 0 Å². The third-order valence-electron chi connectivity index (χ3n) is 4.38. The molecule has 1 N–H and O–H groups in total. The van der Waals surface area contributed by atoms with Crippen LogP contribution in [0.25, 0.3) is 0 Å². The highest BCUT2D eigenvalue weighted by Gasteiger charge is 2.50. The molecular formula is C15H22NO2+. The van der Waals surface area contributed by atoms with Crippen molar-refractivity contribution in [1.82, 2.24) is 0 Å². The summed E-state index contributed by atoms with van der Waals surface area (Å²) in [5.74, 6) is 0. The summed E-state index contributed by atoms with van der Waals surface area (Å²) >= 11 is 0. The molecule has 2 heterocycles. The van der Waals surface area contributed by atoms with Crippen molar-refractivity contribution in [3.05, 3.63) is 35.9 Å². The molecule has 3 atom stereocenters. The van der Waals surface area contributed by atoms with E-state index < -0.39 is 0 Å². The van der Waals surface area contributed by atoms with Crippen molar-refractivity contribution < 1.29 is 14.6 Å². The molecule has 1 aromatic rings. The molecule has 0 aromatic heterocycles. The second kappa shape index (κ2) is 5.00. The summed E-state index contributed by atoms with van der Waals surface area (Å²) in [4.78, 5) is 6.19. The van der Waals surface area contributed by atoms with Gasteiger partial charge in [0.25, 0.3) is 0 Å². The zero-order valence-corrected chi connectivity index (χ0v) is 10.8. The predicted molar refractivity (Wildman–Crippen MR) is 69.5 cm³/mol. The van der Waals surface area contributed by atoms with Crippen molar-refractivity contribution in [1.29, 1.82) is 0 Å². The van der Waals surface area contributed by atoms with Gasteiger partial charge in [-0.25, -0.2) is 0 Å². The standard InChI is InChI=1S/C15H22NO2/c17-12-15-10-14-8-4-5-9-16(14,18-15)11-13-6-2-1-3-7-13/h1-3,6-7,14-15,17H,4-5,8-12H2/q+1/t14-,15+,16?/m1/s1. The molecule has 0 radical (unpaired) electrons. The molecule has 3 rings (SSSR count). The SMILES string of the molecule is OC[C@@H]1C[C@H]2CCCC[N+]2(Cc2ccccc2)O1. The molecule has 0 bridgehead atoms. The van der Waals surface area contributed by atoms with Crippen LogP contribution in [0.4, 0.5) is 0 Å². The van der Waals surface area contributed by atoms with Crippen molar-refractivity contribution in [2.45, 2.75) is 44.4 Å². The highest BCUT2D eigenvalue weighted by Crippen LogP contribution is 2.38. The van der Waals surface area contributed by atoms with Crippen LogP contribution in [0.5, 0.6) is 0 Å². The van der Waals surface area contributed by atoms with E-state index in [1.54, 1.807) is 0 Å². The van der Waals surface area contributed by atoms with Gasteiger partial charge in [-0.2, -0.15) is 9.48 Å². The molecule has 3 heteroatoms. The van der Waals surface area contributed by atoms with E-state index in [1.807, 2.05) is 0 Å². The summed E-state index contributed by atoms with van der Waals surface area (Å²) < 4.78 is 0.745. The fraction of sp³-hybridized carbons (Fsp3) is 0.600. The first-order chi connectivity index (χ1) is 8.82. The Balaban J connectivity index is 1.81. The van der Waals surface area contributed by atoms with Gasteiger partial charge in [0.1, 0.15) is 25.2 Å². The lowest BCUT2D eigenvalue weighted by atomic mass is 9.97. The predicted octanol–water partition coefficient (Wildman–Crippen LogP) is 2.25. The summed E-state index contributed by atoms with van der Waals surface area (Å²) in [6.45, 7) is 2.20. The van der Waals surface area contributed by atoms with Gasteiger partial charge in [0.15, 0.2) is 0 Å². The van der Waals surface area contributed by atoms with Gasteiger partial charge in [-0.1, -0.05) is 30.3 Å². The Morgan fingerprint density at radius 3 is 2.83 bits per heavy atom. The molecule has 1 aromatic carbocycles. The lowest BCUT2D eigenvalue weighted by Gasteiger charge is -2.39. The van der Waals surface area contributed by atoms with Gasteiger partial charge < -0.3 is 5.11 Å². The van der Waals surface area contributed by atoms with Gasteiger partial charge in [-0.05, 0) is 12.8 Å². The van der Waals surface area contributed by atoms with Crippen molar-refractivity contribution in [3.63, 3.8) is 0 Å². The molecule has 1 unspecified atom stereocenters. The average molecular weight is 248 g/mol. The van der Waals surface area contributed by atoms with Gasteiger partial charge in [0.05, 0.1) is 6.61 Å². The average Bonchev–Trinajstić information content (AvgIpc) is 2.78. The van der Waals surface area contributed by atoms with Crippen LogP contribution in [-0.2, 0) is 11.4 Å². The zero-order chi connectivity index (χ0) is 12.4. The number of benzene rings is 1. The van der Waals surface area contributed by atoms with Crippen molar-refractivity contribution in [2.75, 3.05) is 13.2 Å². The van der Waals surface area contributed by atoms with Crippen molar-refractivity contribution in [2.24, 2.45) is 0 Å². The van der Waals surface area contributed by atoms with Crippen LogP contribution in [-0.4, -0.2) is 35.1 Å². The van der Waals surface area contributed by atoms with E-state index in [0.29, 0.717) is 6.04 Å². The molecule has 0 saturated carbocycles. The lowest BCUT2D eigenvalue weighted by molar-refractivity contribution is -1.12. The molecule has 0 spiro atoms. The minimum Gasteiger partial charge on any atom is -0.393 e. The third-order valence-corrected chi connectivity index (χ3v) is 4.38. The summed E-state index contributed by atoms with van der Waals surface area (Å²) in [7, 11) is 0. The topological polar surface area (TPSA) is 29.5 Å². The molecule has 3 nitrogen and oxygen atoms in total. The molecule has 2 aliphatic heterocycles. The summed E-state index contributed by atoms with van der Waals surface area (Å²) in [6, 6.07) is 11.2. The van der Waals surface area contributed by atoms with E-state index in [-0.39, 0.29) is 12.7 Å². The van der Waals surface area contributed by atoms with Crippen LogP contribution in [0, 0.1) is 0 Å². The zero-order valence-electron chi connectivity index (χ0n) is 10.8. The van der Waals surface area contributed by atoms with Gasteiger partial charge in [0, 0.05) is 18.4 Å². The molecule has 0 aliphatic carbocycles. The van der Waals surface area contributed by atoms with E-state index in [0.717, 1.165) is 24.2 Å². The number of aliphatic hydroxyl groups excluding tert-OH is 1. The molecular weight excluding hydrogens is 226 g/mol. The van der Waals surface area contributed by atoms with Gasteiger partial charge in [-0.3, -0.25) is 0 Å². The maximum atomic E-state index is 9.36. The number of hydrogen-bond acceptors (Lipinski definition) is 2. The number of aliphatic hydroxyl groups is 1. The maximum absolute atomic E-state index is 9.36. The first-order valence-electron chi connectivity index (χ1n) is 7.02. The summed E-state index contributed by atoms with van der Waals surface area (Å²) in [5.41, 5.74) is 1.34. The number of quaternary nitrogens is 1. The third kappa shape index (κ3) is 2.18. The molecule has 2 fully saturated rings. The summed E-state index contributed by atoms with van der Waals surface area (Å²) in [5, 5.41) is 9.36. The number of hydrogen-bond donors (Lipinski definition) is 1. The van der Waals surface area contributed by atoms with Gasteiger partial charge in [-0.15, -0.1) is 0 Å². The minimum absolute atomic E-state index is 0.0387. The van der Waals surface area contributed by atoms with E-state index in [1.165, 1.54) is 24.8 Å². The highest BCUT2D eigenvalue weighted by atomic mass is 16.7. The van der Waals surface area contributed by atoms with Crippen LogP contribution in [0.15, 0.2) is 30.3 Å². The van der Waals surface area contributed by atoms with Crippen molar-refractivity contribution in [3.8, 4) is 0 Å². The van der Waals surface area contributed by atoms with E-state index in [4.69, 9.17) is 4.84 Å². The Bertz CT molecular complexity index is 395. The molecule has 98 valence electrons. The maximum Gasteiger partial charge on any atom is 0.145 e. The van der Waals surface area contributed by atoms with Gasteiger partial charge in [0.2, 0.25) is 0 Å². The first-order valence-corrected chi connectivity index (χ1v) is 7.02. The molecule has 18 heavy (non-hydrogen) atoms. The Morgan fingerprint density at radius 2 is 2.06 bits per heavy atom. The van der Waals surface area contributed by atoms with Crippen LogP contribution >= 0.6 is 0 Å². The second-order valence-corrected chi connectivity index (χ2v) is 5.61. The smallest absolute Gasteiger partial charge is 0.145 e. The van der Waals surface area contributed by atoms with E-state index in [2.05, 4.69) is 30.3 Å². The highest BCUT2D eigenvalue weighted by molar-refractivity contribution is 5.13. The number of hydroxylamine groups is 3. The lowest BCUT2D eigenvalue weighted by Crippen LogP contribution is -2.52. The van der Waals surface area contributed by atoms with Crippen LogP contribution < -0.4 is 0 Å². The van der Waals surface area contributed by atoms with Crippen molar-refractivity contribution >= 4 is 0 Å². The molecule has 2 saturated heterocycles. The fourth-order valence-electron chi connectivity index (χ4n) is 3.52.